The van der Waals surface area contributed by atoms with Crippen LogP contribution in [-0.4, -0.2) is 53.9 Å². The number of benzene rings is 1. The maximum atomic E-state index is 12.7. The Morgan fingerprint density at radius 1 is 1.48 bits per heavy atom. The van der Waals surface area contributed by atoms with Crippen LogP contribution in [0, 0.1) is 12.8 Å². The molecule has 23 heavy (non-hydrogen) atoms. The van der Waals surface area contributed by atoms with Crippen LogP contribution in [0.2, 0.25) is 0 Å². The molecule has 2 N–H and O–H groups in total. The second-order valence-electron chi connectivity index (χ2n) is 5.97. The van der Waals surface area contributed by atoms with Crippen LogP contribution in [-0.2, 0) is 0 Å². The molecule has 1 saturated heterocycles. The van der Waals surface area contributed by atoms with Crippen molar-refractivity contribution in [3.63, 3.8) is 0 Å². The summed E-state index contributed by atoms with van der Waals surface area (Å²) in [4.78, 5) is 14.3. The van der Waals surface area contributed by atoms with Gasteiger partial charge in [0.15, 0.2) is 5.76 Å². The average Bonchev–Trinajstić information content (AvgIpc) is 2.90. The zero-order chi connectivity index (χ0) is 16.6. The van der Waals surface area contributed by atoms with Crippen molar-refractivity contribution in [2.45, 2.75) is 19.4 Å². The minimum absolute atomic E-state index is 0.0628. The molecule has 1 aromatic carbocycles. The Morgan fingerprint density at radius 3 is 2.91 bits per heavy atom. The number of carbonyl (C=O) groups is 1. The van der Waals surface area contributed by atoms with E-state index < -0.39 is 6.10 Å². The SMILES string of the molecule is COc1ccc2c(C)c(C(=O)N3CC[C@@H](CO)[C@H](O)C3)oc2c1. The van der Waals surface area contributed by atoms with Gasteiger partial charge in [0.1, 0.15) is 11.3 Å². The number of hydrogen-bond acceptors (Lipinski definition) is 5. The Labute approximate surface area is 134 Å². The van der Waals surface area contributed by atoms with Crippen LogP contribution >= 0.6 is 0 Å². The Morgan fingerprint density at radius 2 is 2.26 bits per heavy atom. The van der Waals surface area contributed by atoms with E-state index in [4.69, 9.17) is 9.15 Å². The van der Waals surface area contributed by atoms with Crippen molar-refractivity contribution in [3.05, 3.63) is 29.5 Å². The van der Waals surface area contributed by atoms with E-state index in [1.54, 1.807) is 18.1 Å². The van der Waals surface area contributed by atoms with Crippen molar-refractivity contribution in [1.29, 1.82) is 0 Å². The molecule has 0 bridgehead atoms. The molecule has 2 heterocycles. The summed E-state index contributed by atoms with van der Waals surface area (Å²) in [5, 5.41) is 20.1. The summed E-state index contributed by atoms with van der Waals surface area (Å²) in [5.41, 5.74) is 1.39. The third kappa shape index (κ3) is 2.80. The number of fused-ring (bicyclic) bond motifs is 1. The van der Waals surface area contributed by atoms with Gasteiger partial charge in [0.05, 0.1) is 13.2 Å². The summed E-state index contributed by atoms with van der Waals surface area (Å²) >= 11 is 0. The van der Waals surface area contributed by atoms with Crippen LogP contribution in [0.1, 0.15) is 22.5 Å². The number of piperidine rings is 1. The molecule has 1 amide bonds. The number of nitrogens with zero attached hydrogens (tertiary/aromatic N) is 1. The summed E-state index contributed by atoms with van der Waals surface area (Å²) in [6.45, 7) is 2.50. The van der Waals surface area contributed by atoms with Gasteiger partial charge in [-0.15, -0.1) is 0 Å². The fourth-order valence-electron chi connectivity index (χ4n) is 3.06. The van der Waals surface area contributed by atoms with Crippen LogP contribution < -0.4 is 4.74 Å². The predicted molar refractivity (Wildman–Crippen MR) is 84.6 cm³/mol. The lowest BCUT2D eigenvalue weighted by Gasteiger charge is -2.34. The van der Waals surface area contributed by atoms with E-state index >= 15 is 0 Å². The Balaban J connectivity index is 1.88. The second-order valence-corrected chi connectivity index (χ2v) is 5.97. The standard InChI is InChI=1S/C17H21NO5/c1-10-13-4-3-12(22-2)7-15(13)23-16(10)17(21)18-6-5-11(9-19)14(20)8-18/h3-4,7,11,14,19-20H,5-6,8-9H2,1-2H3/t11-,14+/m0/s1. The molecule has 1 fully saturated rings. The number of carbonyl (C=O) groups excluding carboxylic acids is 1. The fourth-order valence-corrected chi connectivity index (χ4v) is 3.06. The Hall–Kier alpha value is -2.05. The number of rotatable bonds is 3. The monoisotopic (exact) mass is 319 g/mol. The van der Waals surface area contributed by atoms with E-state index in [0.29, 0.717) is 30.1 Å². The maximum Gasteiger partial charge on any atom is 0.289 e. The van der Waals surface area contributed by atoms with E-state index in [2.05, 4.69) is 0 Å². The number of ether oxygens (including phenoxy) is 1. The van der Waals surface area contributed by atoms with Crippen molar-refractivity contribution in [2.24, 2.45) is 5.92 Å². The lowest BCUT2D eigenvalue weighted by Crippen LogP contribution is -2.47. The first kappa shape index (κ1) is 15.8. The van der Waals surface area contributed by atoms with Gasteiger partial charge in [-0.1, -0.05) is 0 Å². The molecular formula is C17H21NO5. The van der Waals surface area contributed by atoms with E-state index in [1.165, 1.54) is 0 Å². The molecule has 6 heteroatoms. The topological polar surface area (TPSA) is 83.1 Å². The number of aliphatic hydroxyl groups is 2. The average molecular weight is 319 g/mol. The number of aryl methyl sites for hydroxylation is 1. The van der Waals surface area contributed by atoms with Gasteiger partial charge in [-0.2, -0.15) is 0 Å². The number of aliphatic hydroxyl groups excluding tert-OH is 2. The summed E-state index contributed by atoms with van der Waals surface area (Å²) in [7, 11) is 1.58. The highest BCUT2D eigenvalue weighted by molar-refractivity contribution is 5.99. The molecule has 2 atom stereocenters. The Bertz CT molecular complexity index is 723. The van der Waals surface area contributed by atoms with Crippen LogP contribution in [0.4, 0.5) is 0 Å². The van der Waals surface area contributed by atoms with Gasteiger partial charge in [0.2, 0.25) is 0 Å². The quantitative estimate of drug-likeness (QED) is 0.897. The zero-order valence-electron chi connectivity index (χ0n) is 13.3. The van der Waals surface area contributed by atoms with Gasteiger partial charge in [-0.25, -0.2) is 0 Å². The van der Waals surface area contributed by atoms with Crippen molar-refractivity contribution >= 4 is 16.9 Å². The summed E-state index contributed by atoms with van der Waals surface area (Å²) < 4.78 is 10.9. The van der Waals surface area contributed by atoms with Gasteiger partial charge in [-0.3, -0.25) is 4.79 Å². The van der Waals surface area contributed by atoms with Crippen LogP contribution in [0.5, 0.6) is 5.75 Å². The fraction of sp³-hybridized carbons (Fsp3) is 0.471. The van der Waals surface area contributed by atoms with Crippen LogP contribution in [0.15, 0.2) is 22.6 Å². The van der Waals surface area contributed by atoms with E-state index in [9.17, 15) is 15.0 Å². The number of furan rings is 1. The van der Waals surface area contributed by atoms with Crippen molar-refractivity contribution in [3.8, 4) is 5.75 Å². The number of amides is 1. The van der Waals surface area contributed by atoms with Gasteiger partial charge in [-0.05, 0) is 25.5 Å². The molecule has 1 aromatic heterocycles. The summed E-state index contributed by atoms with van der Waals surface area (Å²) in [6, 6.07) is 5.46. The largest absolute Gasteiger partial charge is 0.497 e. The van der Waals surface area contributed by atoms with Crippen molar-refractivity contribution < 1.29 is 24.2 Å². The normalized spacial score (nSPS) is 21.7. The predicted octanol–water partition coefficient (Wildman–Crippen LogP) is 1.57. The van der Waals surface area contributed by atoms with Crippen LogP contribution in [0.25, 0.3) is 11.0 Å². The minimum atomic E-state index is -0.706. The number of β-amino-alcohol motifs (C(OH)–C–C–N with tert-alkyl or cyclic N) is 1. The lowest BCUT2D eigenvalue weighted by molar-refractivity contribution is -0.000190. The molecule has 0 radical (unpaired) electrons. The van der Waals surface area contributed by atoms with E-state index in [0.717, 1.165) is 10.9 Å². The molecule has 6 nitrogen and oxygen atoms in total. The van der Waals surface area contributed by atoms with Gasteiger partial charge in [0.25, 0.3) is 5.91 Å². The van der Waals surface area contributed by atoms with E-state index in [1.807, 2.05) is 19.1 Å². The van der Waals surface area contributed by atoms with E-state index in [-0.39, 0.29) is 25.0 Å². The van der Waals surface area contributed by atoms with Gasteiger partial charge in [0, 0.05) is 42.6 Å². The number of methoxy groups -OCH3 is 1. The van der Waals surface area contributed by atoms with Gasteiger partial charge >= 0.3 is 0 Å². The third-order valence-electron chi connectivity index (χ3n) is 4.58. The second kappa shape index (κ2) is 6.22. The third-order valence-corrected chi connectivity index (χ3v) is 4.58. The molecule has 0 spiro atoms. The maximum absolute atomic E-state index is 12.7. The van der Waals surface area contributed by atoms with Crippen LogP contribution in [0.3, 0.4) is 0 Å². The molecule has 3 rings (SSSR count). The summed E-state index contributed by atoms with van der Waals surface area (Å²) in [6.07, 6.45) is -0.126. The molecule has 0 saturated carbocycles. The number of likely N-dealkylation sites (tertiary alicyclic amines) is 1. The molecule has 1 aliphatic heterocycles. The first-order chi connectivity index (χ1) is 11.0. The summed E-state index contributed by atoms with van der Waals surface area (Å²) in [5.74, 6) is 0.570. The molecular weight excluding hydrogens is 298 g/mol. The zero-order valence-corrected chi connectivity index (χ0v) is 13.3. The smallest absolute Gasteiger partial charge is 0.289 e. The molecule has 1 aliphatic rings. The molecule has 0 aliphatic carbocycles. The first-order valence-corrected chi connectivity index (χ1v) is 7.70. The molecule has 0 unspecified atom stereocenters. The highest BCUT2D eigenvalue weighted by atomic mass is 16.5. The number of hydrogen-bond donors (Lipinski definition) is 2. The lowest BCUT2D eigenvalue weighted by atomic mass is 9.94. The Kier molecular flexibility index (Phi) is 4.28. The minimum Gasteiger partial charge on any atom is -0.497 e. The first-order valence-electron chi connectivity index (χ1n) is 7.70. The highest BCUT2D eigenvalue weighted by Gasteiger charge is 2.32. The van der Waals surface area contributed by atoms with Crippen molar-refractivity contribution in [1.82, 2.24) is 4.90 Å². The molecule has 124 valence electrons. The van der Waals surface area contributed by atoms with Crippen molar-refractivity contribution in [2.75, 3.05) is 26.8 Å². The van der Waals surface area contributed by atoms with Gasteiger partial charge < -0.3 is 24.3 Å². The molecule has 2 aromatic rings. The highest BCUT2D eigenvalue weighted by Crippen LogP contribution is 2.30.